The molecule has 180 valence electrons. The van der Waals surface area contributed by atoms with Crippen molar-refractivity contribution in [3.8, 4) is 11.5 Å². The molecule has 0 fully saturated rings. The summed E-state index contributed by atoms with van der Waals surface area (Å²) < 4.78 is 21.5. The van der Waals surface area contributed by atoms with Gasteiger partial charge in [0.15, 0.2) is 5.44 Å². The van der Waals surface area contributed by atoms with Crippen molar-refractivity contribution in [3.63, 3.8) is 0 Å². The van der Waals surface area contributed by atoms with Gasteiger partial charge < -0.3 is 18.9 Å². The topological polar surface area (TPSA) is 88.1 Å². The van der Waals surface area contributed by atoms with Gasteiger partial charge in [-0.15, -0.1) is 0 Å². The quantitative estimate of drug-likeness (QED) is 0.337. The summed E-state index contributed by atoms with van der Waals surface area (Å²) in [6, 6.07) is 13.2. The van der Waals surface area contributed by atoms with E-state index in [-0.39, 0.29) is 5.44 Å². The maximum Gasteiger partial charge on any atom is 0.343 e. The summed E-state index contributed by atoms with van der Waals surface area (Å²) in [7, 11) is 2.65. The second-order valence-electron chi connectivity index (χ2n) is 8.00. The molecule has 7 nitrogen and oxygen atoms in total. The number of thioether (sulfide) groups is 1. The predicted molar refractivity (Wildman–Crippen MR) is 130 cm³/mol. The number of fused-ring (bicyclic) bond motifs is 1. The lowest BCUT2D eigenvalue weighted by Crippen LogP contribution is -2.12. The molecule has 1 heterocycles. The molecule has 0 spiro atoms. The van der Waals surface area contributed by atoms with Crippen LogP contribution in [0.4, 0.5) is 0 Å². The Bertz CT molecular complexity index is 1310. The number of esters is 3. The number of methoxy groups -OCH3 is 2. The summed E-state index contributed by atoms with van der Waals surface area (Å²) in [5.41, 5.74) is 4.24. The number of ether oxygens (including phenoxy) is 4. The van der Waals surface area contributed by atoms with E-state index in [0.29, 0.717) is 22.4 Å². The summed E-state index contributed by atoms with van der Waals surface area (Å²) in [5.74, 6) is -0.146. The predicted octanol–water partition coefficient (Wildman–Crippen LogP) is 5.59. The lowest BCUT2D eigenvalue weighted by Gasteiger charge is -2.16. The van der Waals surface area contributed by atoms with Crippen LogP contribution in [0.15, 0.2) is 53.4 Å². The van der Waals surface area contributed by atoms with Gasteiger partial charge in [-0.2, -0.15) is 0 Å². The highest BCUT2D eigenvalue weighted by molar-refractivity contribution is 7.99. The summed E-state index contributed by atoms with van der Waals surface area (Å²) in [4.78, 5) is 37.1. The zero-order valence-electron chi connectivity index (χ0n) is 20.0. The van der Waals surface area contributed by atoms with Crippen LogP contribution >= 0.6 is 11.8 Å². The van der Waals surface area contributed by atoms with Crippen molar-refractivity contribution in [1.82, 2.24) is 0 Å². The summed E-state index contributed by atoms with van der Waals surface area (Å²) in [5, 5.41) is 0. The highest BCUT2D eigenvalue weighted by atomic mass is 32.2. The van der Waals surface area contributed by atoms with Crippen LogP contribution in [0.2, 0.25) is 0 Å². The Morgan fingerprint density at radius 3 is 1.71 bits per heavy atom. The minimum Gasteiger partial charge on any atom is -0.473 e. The molecule has 35 heavy (non-hydrogen) atoms. The van der Waals surface area contributed by atoms with Crippen LogP contribution in [-0.2, 0) is 9.47 Å². The summed E-state index contributed by atoms with van der Waals surface area (Å²) in [6.07, 6.45) is 0. The van der Waals surface area contributed by atoms with Gasteiger partial charge in [0.1, 0.15) is 11.5 Å². The number of benzene rings is 3. The largest absolute Gasteiger partial charge is 0.473 e. The van der Waals surface area contributed by atoms with E-state index >= 15 is 0 Å². The first kappa shape index (κ1) is 24.3. The fourth-order valence-corrected chi connectivity index (χ4v) is 5.01. The van der Waals surface area contributed by atoms with Crippen LogP contribution in [0.5, 0.6) is 11.5 Å². The molecule has 4 rings (SSSR count). The Morgan fingerprint density at radius 1 is 0.714 bits per heavy atom. The SMILES string of the molecule is COC(=O)c1ccc(C(=O)Oc2c(C)c(C)c3c(c2C)SC(c2ccc(C(=O)OC)cc2)O3)cc1. The highest BCUT2D eigenvalue weighted by Gasteiger charge is 2.32. The summed E-state index contributed by atoms with van der Waals surface area (Å²) >= 11 is 1.52. The maximum atomic E-state index is 12.9. The van der Waals surface area contributed by atoms with Crippen LogP contribution in [0.3, 0.4) is 0 Å². The van der Waals surface area contributed by atoms with E-state index < -0.39 is 17.9 Å². The second-order valence-corrected chi connectivity index (χ2v) is 9.07. The van der Waals surface area contributed by atoms with Crippen molar-refractivity contribution >= 4 is 29.7 Å². The van der Waals surface area contributed by atoms with Crippen molar-refractivity contribution in [1.29, 1.82) is 0 Å². The molecule has 3 aromatic carbocycles. The zero-order chi connectivity index (χ0) is 25.3. The molecule has 1 atom stereocenters. The normalized spacial score (nSPS) is 14.0. The third-order valence-corrected chi connectivity index (χ3v) is 7.23. The second kappa shape index (κ2) is 9.84. The Hall–Kier alpha value is -3.78. The first-order chi connectivity index (χ1) is 16.7. The minimum atomic E-state index is -0.522. The van der Waals surface area contributed by atoms with Gasteiger partial charge in [-0.3, -0.25) is 0 Å². The molecule has 0 amide bonds. The van der Waals surface area contributed by atoms with Gasteiger partial charge in [0.2, 0.25) is 0 Å². The van der Waals surface area contributed by atoms with Crippen molar-refractivity contribution in [2.75, 3.05) is 14.2 Å². The van der Waals surface area contributed by atoms with Gasteiger partial charge in [0, 0.05) is 11.1 Å². The fourth-order valence-electron chi connectivity index (χ4n) is 3.78. The molecular formula is C27H24O7S. The molecule has 0 saturated heterocycles. The van der Waals surface area contributed by atoms with E-state index in [0.717, 1.165) is 32.9 Å². The first-order valence-electron chi connectivity index (χ1n) is 10.8. The van der Waals surface area contributed by atoms with Gasteiger partial charge >= 0.3 is 17.9 Å². The zero-order valence-corrected chi connectivity index (χ0v) is 20.8. The molecule has 0 N–H and O–H groups in total. The van der Waals surface area contributed by atoms with E-state index in [4.69, 9.17) is 18.9 Å². The molecule has 0 saturated carbocycles. The van der Waals surface area contributed by atoms with Crippen molar-refractivity contribution < 1.29 is 33.3 Å². The van der Waals surface area contributed by atoms with Gasteiger partial charge in [-0.25, -0.2) is 14.4 Å². The molecule has 0 aliphatic carbocycles. The summed E-state index contributed by atoms with van der Waals surface area (Å²) in [6.45, 7) is 5.71. The molecular weight excluding hydrogens is 468 g/mol. The van der Waals surface area contributed by atoms with E-state index in [1.54, 1.807) is 12.1 Å². The van der Waals surface area contributed by atoms with Gasteiger partial charge in [0.05, 0.1) is 35.8 Å². The van der Waals surface area contributed by atoms with Crippen LogP contribution in [0.1, 0.15) is 58.8 Å². The Morgan fingerprint density at radius 2 is 1.20 bits per heavy atom. The molecule has 1 aliphatic rings. The molecule has 8 heteroatoms. The van der Waals surface area contributed by atoms with E-state index in [2.05, 4.69) is 0 Å². The van der Waals surface area contributed by atoms with E-state index in [9.17, 15) is 14.4 Å². The number of hydrogen-bond acceptors (Lipinski definition) is 8. The molecule has 1 unspecified atom stereocenters. The standard InChI is InChI=1S/C27H24O7S/c1-14-15(2)22-23(35-27(34-22)20-12-10-18(11-13-20)25(29)32-5)16(3)21(14)33-26(30)19-8-6-17(7-9-19)24(28)31-4/h6-13,27H,1-5H3. The van der Waals surface area contributed by atoms with Crippen molar-refractivity contribution in [2.45, 2.75) is 31.1 Å². The van der Waals surface area contributed by atoms with E-state index in [1.807, 2.05) is 32.9 Å². The molecule has 0 bridgehead atoms. The number of rotatable bonds is 5. The molecule has 0 radical (unpaired) electrons. The van der Waals surface area contributed by atoms with Crippen LogP contribution in [-0.4, -0.2) is 32.1 Å². The highest BCUT2D eigenvalue weighted by Crippen LogP contribution is 2.54. The lowest BCUT2D eigenvalue weighted by atomic mass is 10.0. The average molecular weight is 493 g/mol. The Balaban J connectivity index is 1.58. The monoisotopic (exact) mass is 492 g/mol. The van der Waals surface area contributed by atoms with Crippen LogP contribution < -0.4 is 9.47 Å². The molecule has 0 aromatic heterocycles. The average Bonchev–Trinajstić information content (AvgIpc) is 3.35. The lowest BCUT2D eigenvalue weighted by molar-refractivity contribution is 0.0591. The first-order valence-corrected chi connectivity index (χ1v) is 11.7. The van der Waals surface area contributed by atoms with Crippen molar-refractivity contribution in [2.24, 2.45) is 0 Å². The number of carbonyl (C=O) groups is 3. The van der Waals surface area contributed by atoms with Crippen LogP contribution in [0, 0.1) is 20.8 Å². The third kappa shape index (κ3) is 4.61. The van der Waals surface area contributed by atoms with Gasteiger partial charge in [-0.05, 0) is 68.3 Å². The van der Waals surface area contributed by atoms with Gasteiger partial charge in [-0.1, -0.05) is 23.9 Å². The fraction of sp³-hybridized carbons (Fsp3) is 0.222. The van der Waals surface area contributed by atoms with E-state index in [1.165, 1.54) is 50.2 Å². The number of carbonyl (C=O) groups excluding carboxylic acids is 3. The minimum absolute atomic E-state index is 0.301. The third-order valence-electron chi connectivity index (χ3n) is 5.92. The molecule has 3 aromatic rings. The van der Waals surface area contributed by atoms with Crippen LogP contribution in [0.25, 0.3) is 0 Å². The maximum absolute atomic E-state index is 12.9. The molecule has 1 aliphatic heterocycles. The smallest absolute Gasteiger partial charge is 0.343 e. The van der Waals surface area contributed by atoms with Gasteiger partial charge in [0.25, 0.3) is 0 Å². The number of hydrogen-bond donors (Lipinski definition) is 0. The van der Waals surface area contributed by atoms with Crippen molar-refractivity contribution in [3.05, 3.63) is 87.5 Å². The Kier molecular flexibility index (Phi) is 6.84. The Labute approximate surface area is 207 Å².